The Balaban J connectivity index is 1.42. The summed E-state index contributed by atoms with van der Waals surface area (Å²) in [5.74, 6) is 0.158. The highest BCUT2D eigenvalue weighted by Crippen LogP contribution is 2.25. The summed E-state index contributed by atoms with van der Waals surface area (Å²) in [6, 6.07) is 14.3. The molecular weight excluding hydrogens is 328 g/mol. The van der Waals surface area contributed by atoms with Crippen LogP contribution in [0.2, 0.25) is 0 Å². The van der Waals surface area contributed by atoms with Crippen molar-refractivity contribution >= 4 is 28.0 Å². The Kier molecular flexibility index (Phi) is 4.44. The molecule has 0 spiro atoms. The highest BCUT2D eigenvalue weighted by molar-refractivity contribution is 7.13. The van der Waals surface area contributed by atoms with E-state index < -0.39 is 0 Å². The lowest BCUT2D eigenvalue weighted by atomic mass is 10.0. The Morgan fingerprint density at radius 1 is 1.12 bits per heavy atom. The third-order valence-electron chi connectivity index (χ3n) is 4.39. The first-order valence-electron chi connectivity index (χ1n) is 8.38. The molecule has 3 aromatic heterocycles. The van der Waals surface area contributed by atoms with Crippen LogP contribution in [0.1, 0.15) is 28.8 Å². The number of carbonyl (C=O) groups excluding carboxylic acids is 1. The van der Waals surface area contributed by atoms with E-state index in [1.54, 1.807) is 17.5 Å². The fourth-order valence-electron chi connectivity index (χ4n) is 3.09. The Morgan fingerprint density at radius 2 is 2.04 bits per heavy atom. The largest absolute Gasteiger partial charge is 0.361 e. The van der Waals surface area contributed by atoms with Crippen molar-refractivity contribution in [1.29, 1.82) is 0 Å². The van der Waals surface area contributed by atoms with Gasteiger partial charge in [0.1, 0.15) is 0 Å². The summed E-state index contributed by atoms with van der Waals surface area (Å²) in [5, 5.41) is 3.28. The molecule has 0 unspecified atom stereocenters. The summed E-state index contributed by atoms with van der Waals surface area (Å²) in [4.78, 5) is 21.2. The Bertz CT molecular complexity index is 1000. The number of H-pyrrole nitrogens is 1. The summed E-state index contributed by atoms with van der Waals surface area (Å²) in [6.45, 7) is 0. The van der Waals surface area contributed by atoms with Gasteiger partial charge < -0.3 is 4.98 Å². The molecule has 0 saturated carbocycles. The number of Topliss-reactive ketones (excluding diaryl/α,β-unsaturated/α-hetero) is 1. The van der Waals surface area contributed by atoms with Crippen molar-refractivity contribution in [3.63, 3.8) is 0 Å². The molecular formula is C21H18N2OS. The van der Waals surface area contributed by atoms with Gasteiger partial charge in [-0.2, -0.15) is 0 Å². The molecule has 0 radical (unpaired) electrons. The maximum atomic E-state index is 12.5. The molecule has 0 bridgehead atoms. The van der Waals surface area contributed by atoms with Crippen LogP contribution in [0.25, 0.3) is 21.3 Å². The molecule has 1 N–H and O–H groups in total. The van der Waals surface area contributed by atoms with Gasteiger partial charge in [0.05, 0.1) is 0 Å². The second-order valence-corrected chi connectivity index (χ2v) is 7.02. The number of fused-ring (bicyclic) bond motifs is 1. The quantitative estimate of drug-likeness (QED) is 0.469. The number of thiophene rings is 1. The Labute approximate surface area is 150 Å². The van der Waals surface area contributed by atoms with E-state index in [1.165, 1.54) is 10.9 Å². The number of benzene rings is 1. The van der Waals surface area contributed by atoms with Gasteiger partial charge in [0.2, 0.25) is 0 Å². The van der Waals surface area contributed by atoms with Gasteiger partial charge in [-0.05, 0) is 42.0 Å². The van der Waals surface area contributed by atoms with E-state index >= 15 is 0 Å². The molecule has 0 amide bonds. The summed E-state index contributed by atoms with van der Waals surface area (Å²) >= 11 is 1.66. The second-order valence-electron chi connectivity index (χ2n) is 6.08. The Hall–Kier alpha value is -2.72. The SMILES string of the molecule is O=C(CCCc1c[nH]c2ccccc12)c1cncc(-c2cccs2)c1. The van der Waals surface area contributed by atoms with Gasteiger partial charge in [-0.25, -0.2) is 0 Å². The highest BCUT2D eigenvalue weighted by Gasteiger charge is 2.10. The first-order chi connectivity index (χ1) is 12.3. The van der Waals surface area contributed by atoms with E-state index in [4.69, 9.17) is 0 Å². The molecule has 4 aromatic rings. The fourth-order valence-corrected chi connectivity index (χ4v) is 3.80. The zero-order valence-electron chi connectivity index (χ0n) is 13.7. The van der Waals surface area contributed by atoms with Crippen molar-refractivity contribution in [3.8, 4) is 10.4 Å². The molecule has 3 heterocycles. The third-order valence-corrected chi connectivity index (χ3v) is 5.31. The number of pyridine rings is 1. The molecule has 124 valence electrons. The number of carbonyl (C=O) groups is 1. The van der Waals surface area contributed by atoms with Gasteiger partial charge in [-0.15, -0.1) is 11.3 Å². The molecule has 4 heteroatoms. The smallest absolute Gasteiger partial charge is 0.164 e. The van der Waals surface area contributed by atoms with Crippen molar-refractivity contribution in [2.45, 2.75) is 19.3 Å². The van der Waals surface area contributed by atoms with E-state index in [9.17, 15) is 4.79 Å². The van der Waals surface area contributed by atoms with Crippen molar-refractivity contribution in [2.75, 3.05) is 0 Å². The summed E-state index contributed by atoms with van der Waals surface area (Å²) in [5.41, 5.74) is 4.13. The first kappa shape index (κ1) is 15.8. The number of nitrogens with one attached hydrogen (secondary N) is 1. The number of aryl methyl sites for hydroxylation is 1. The van der Waals surface area contributed by atoms with Gasteiger partial charge in [0, 0.05) is 51.9 Å². The minimum absolute atomic E-state index is 0.158. The molecule has 0 aliphatic carbocycles. The molecule has 0 aliphatic heterocycles. The number of nitrogens with zero attached hydrogens (tertiary/aromatic N) is 1. The lowest BCUT2D eigenvalue weighted by Crippen LogP contribution is -2.01. The van der Waals surface area contributed by atoms with Crippen LogP contribution in [-0.4, -0.2) is 15.8 Å². The van der Waals surface area contributed by atoms with Gasteiger partial charge in [-0.3, -0.25) is 9.78 Å². The van der Waals surface area contributed by atoms with Crippen LogP contribution in [0.15, 0.2) is 66.4 Å². The van der Waals surface area contributed by atoms with Crippen LogP contribution in [0.4, 0.5) is 0 Å². The molecule has 25 heavy (non-hydrogen) atoms. The maximum absolute atomic E-state index is 12.5. The highest BCUT2D eigenvalue weighted by atomic mass is 32.1. The number of aromatic amines is 1. The predicted octanol–water partition coefficient (Wildman–Crippen LogP) is 5.50. The molecule has 0 saturated heterocycles. The number of para-hydroxylation sites is 1. The van der Waals surface area contributed by atoms with Crippen molar-refractivity contribution in [3.05, 3.63) is 77.6 Å². The topological polar surface area (TPSA) is 45.8 Å². The monoisotopic (exact) mass is 346 g/mol. The number of ketones is 1. The van der Waals surface area contributed by atoms with Crippen LogP contribution >= 0.6 is 11.3 Å². The summed E-state index contributed by atoms with van der Waals surface area (Å²) in [6.07, 6.45) is 7.81. The lowest BCUT2D eigenvalue weighted by molar-refractivity contribution is 0.0980. The number of hydrogen-bond donors (Lipinski definition) is 1. The third kappa shape index (κ3) is 3.39. The average molecular weight is 346 g/mol. The molecule has 3 nitrogen and oxygen atoms in total. The molecule has 0 atom stereocenters. The Morgan fingerprint density at radius 3 is 2.92 bits per heavy atom. The van der Waals surface area contributed by atoms with Crippen molar-refractivity contribution in [2.24, 2.45) is 0 Å². The molecule has 4 rings (SSSR count). The van der Waals surface area contributed by atoms with Gasteiger partial charge in [-0.1, -0.05) is 24.3 Å². The van der Waals surface area contributed by atoms with E-state index in [-0.39, 0.29) is 5.78 Å². The minimum atomic E-state index is 0.158. The average Bonchev–Trinajstić information content (AvgIpc) is 3.32. The van der Waals surface area contributed by atoms with E-state index in [0.717, 1.165) is 28.8 Å². The summed E-state index contributed by atoms with van der Waals surface area (Å²) < 4.78 is 0. The zero-order chi connectivity index (χ0) is 17.1. The molecule has 0 aliphatic rings. The number of rotatable bonds is 6. The van der Waals surface area contributed by atoms with Crippen LogP contribution in [-0.2, 0) is 6.42 Å². The predicted molar refractivity (Wildman–Crippen MR) is 103 cm³/mol. The van der Waals surface area contributed by atoms with Crippen molar-refractivity contribution < 1.29 is 4.79 Å². The normalized spacial score (nSPS) is 11.0. The van der Waals surface area contributed by atoms with Crippen LogP contribution in [0.5, 0.6) is 0 Å². The van der Waals surface area contributed by atoms with Crippen LogP contribution in [0.3, 0.4) is 0 Å². The first-order valence-corrected chi connectivity index (χ1v) is 9.26. The minimum Gasteiger partial charge on any atom is -0.361 e. The lowest BCUT2D eigenvalue weighted by Gasteiger charge is -2.03. The van der Waals surface area contributed by atoms with E-state index in [1.807, 2.05) is 48.1 Å². The standard InChI is InChI=1S/C21H18N2OS/c24-20(16-11-17(13-22-12-16)21-9-4-10-25-21)8-3-5-15-14-23-19-7-2-1-6-18(15)19/h1-2,4,6-7,9-14,23H,3,5,8H2. The molecule has 1 aromatic carbocycles. The van der Waals surface area contributed by atoms with E-state index in [0.29, 0.717) is 12.0 Å². The van der Waals surface area contributed by atoms with Gasteiger partial charge in [0.15, 0.2) is 5.78 Å². The fraction of sp³-hybridized carbons (Fsp3) is 0.143. The second kappa shape index (κ2) is 7.03. The van der Waals surface area contributed by atoms with Gasteiger partial charge >= 0.3 is 0 Å². The number of hydrogen-bond acceptors (Lipinski definition) is 3. The van der Waals surface area contributed by atoms with E-state index in [2.05, 4.69) is 22.1 Å². The van der Waals surface area contributed by atoms with Crippen molar-refractivity contribution in [1.82, 2.24) is 9.97 Å². The van der Waals surface area contributed by atoms with Gasteiger partial charge in [0.25, 0.3) is 0 Å². The van der Waals surface area contributed by atoms with Crippen LogP contribution < -0.4 is 0 Å². The molecule has 0 fully saturated rings. The zero-order valence-corrected chi connectivity index (χ0v) is 14.6. The van der Waals surface area contributed by atoms with Crippen LogP contribution in [0, 0.1) is 0 Å². The maximum Gasteiger partial charge on any atom is 0.164 e. The number of aromatic nitrogens is 2. The summed E-state index contributed by atoms with van der Waals surface area (Å²) in [7, 11) is 0.